The molecule has 0 saturated heterocycles. The van der Waals surface area contributed by atoms with Gasteiger partial charge in [-0.25, -0.2) is 9.98 Å². The Morgan fingerprint density at radius 3 is 2.31 bits per heavy atom. The maximum absolute atomic E-state index is 13.5. The molecule has 0 saturated carbocycles. The molecule has 1 aliphatic rings. The van der Waals surface area contributed by atoms with Crippen molar-refractivity contribution in [1.82, 2.24) is 9.88 Å². The summed E-state index contributed by atoms with van der Waals surface area (Å²) in [5.41, 5.74) is 6.90. The van der Waals surface area contributed by atoms with Gasteiger partial charge in [0.2, 0.25) is 0 Å². The van der Waals surface area contributed by atoms with Crippen molar-refractivity contribution < 1.29 is 22.1 Å². The molecule has 0 radical (unpaired) electrons. The van der Waals surface area contributed by atoms with E-state index in [-0.39, 0.29) is 35.2 Å². The molecule has 1 aromatic heterocycles. The SMILES string of the molecule is COc1cc(OS(C)(=O)=O)cc(-c2cccc(C3(c4ccnc(Cl)c4)N=C(N)N(C)C3=O)c2)c1.Cl. The number of nitrogens with two attached hydrogens (primary N) is 1. The molecule has 2 aromatic carbocycles. The van der Waals surface area contributed by atoms with Crippen molar-refractivity contribution in [3.8, 4) is 22.6 Å². The van der Waals surface area contributed by atoms with Crippen LogP contribution in [0.15, 0.2) is 65.8 Å². The molecule has 1 aliphatic heterocycles. The van der Waals surface area contributed by atoms with Gasteiger partial charge in [-0.05, 0) is 52.6 Å². The second-order valence-electron chi connectivity index (χ2n) is 7.68. The van der Waals surface area contributed by atoms with Crippen molar-refractivity contribution in [2.24, 2.45) is 10.7 Å². The molecule has 0 aliphatic carbocycles. The lowest BCUT2D eigenvalue weighted by Gasteiger charge is -2.26. The van der Waals surface area contributed by atoms with Crippen LogP contribution in [-0.4, -0.2) is 50.6 Å². The summed E-state index contributed by atoms with van der Waals surface area (Å²) in [5, 5.41) is 0.208. The number of rotatable bonds is 6. The lowest BCUT2D eigenvalue weighted by atomic mass is 9.82. The first kappa shape index (κ1) is 26.3. The lowest BCUT2D eigenvalue weighted by molar-refractivity contribution is -0.129. The molecule has 1 unspecified atom stereocenters. The van der Waals surface area contributed by atoms with Crippen molar-refractivity contribution in [3.05, 3.63) is 77.1 Å². The summed E-state index contributed by atoms with van der Waals surface area (Å²) in [5.74, 6) is 0.206. The molecule has 35 heavy (non-hydrogen) atoms. The fourth-order valence-corrected chi connectivity index (χ4v) is 4.43. The molecular formula is C23H22Cl2N4O5S. The van der Waals surface area contributed by atoms with E-state index in [0.717, 1.165) is 6.26 Å². The third-order valence-corrected chi connectivity index (χ3v) is 6.06. The standard InChI is InChI=1S/C23H21ClN4O5S.ClH/c1-28-21(29)23(27-22(28)25,17-7-8-26-20(24)12-17)16-6-4-5-14(9-16)15-10-18(32-2)13-19(11-15)33-34(3,30)31;/h4-13H,1-3H3,(H2,25,27);1H. The van der Waals surface area contributed by atoms with Crippen LogP contribution in [0.2, 0.25) is 5.15 Å². The maximum Gasteiger partial charge on any atom is 0.306 e. The van der Waals surface area contributed by atoms with Gasteiger partial charge in [0.25, 0.3) is 5.91 Å². The Kier molecular flexibility index (Phi) is 7.30. The van der Waals surface area contributed by atoms with Gasteiger partial charge in [-0.2, -0.15) is 8.42 Å². The van der Waals surface area contributed by atoms with Gasteiger partial charge < -0.3 is 14.7 Å². The van der Waals surface area contributed by atoms with Gasteiger partial charge in [0.1, 0.15) is 16.7 Å². The Hall–Kier alpha value is -3.34. The van der Waals surface area contributed by atoms with E-state index in [1.54, 1.807) is 49.5 Å². The van der Waals surface area contributed by atoms with Crippen LogP contribution in [0.25, 0.3) is 11.1 Å². The summed E-state index contributed by atoms with van der Waals surface area (Å²) >= 11 is 6.13. The average Bonchev–Trinajstić information content (AvgIpc) is 3.02. The Morgan fingerprint density at radius 2 is 1.71 bits per heavy atom. The number of hydrogen-bond acceptors (Lipinski definition) is 8. The topological polar surface area (TPSA) is 124 Å². The van der Waals surface area contributed by atoms with E-state index < -0.39 is 15.7 Å². The van der Waals surface area contributed by atoms with E-state index in [9.17, 15) is 13.2 Å². The zero-order chi connectivity index (χ0) is 24.7. The van der Waals surface area contributed by atoms with E-state index in [0.29, 0.717) is 28.0 Å². The van der Waals surface area contributed by atoms with E-state index in [1.807, 2.05) is 6.07 Å². The Bertz CT molecular complexity index is 1430. The third-order valence-electron chi connectivity index (χ3n) is 5.36. The summed E-state index contributed by atoms with van der Waals surface area (Å²) in [4.78, 5) is 23.3. The van der Waals surface area contributed by atoms with Crippen LogP contribution in [-0.2, 0) is 20.5 Å². The number of aromatic nitrogens is 1. The number of pyridine rings is 1. The largest absolute Gasteiger partial charge is 0.497 e. The molecule has 12 heteroatoms. The number of aliphatic imine (C=N–C) groups is 1. The van der Waals surface area contributed by atoms with E-state index in [1.165, 1.54) is 24.3 Å². The number of hydrogen-bond donors (Lipinski definition) is 1. The van der Waals surface area contributed by atoms with Gasteiger partial charge >= 0.3 is 10.1 Å². The molecule has 2 heterocycles. The number of ether oxygens (including phenoxy) is 1. The molecule has 1 atom stereocenters. The molecule has 9 nitrogen and oxygen atoms in total. The fourth-order valence-electron chi connectivity index (χ4n) is 3.81. The molecular weight excluding hydrogens is 515 g/mol. The highest BCUT2D eigenvalue weighted by Crippen LogP contribution is 2.41. The first-order valence-corrected chi connectivity index (χ1v) is 12.2. The van der Waals surface area contributed by atoms with Crippen LogP contribution >= 0.6 is 24.0 Å². The molecule has 0 fully saturated rings. The van der Waals surface area contributed by atoms with Crippen LogP contribution in [0.5, 0.6) is 11.5 Å². The van der Waals surface area contributed by atoms with Gasteiger partial charge in [0.05, 0.1) is 13.4 Å². The number of benzene rings is 2. The normalized spacial score (nSPS) is 17.5. The molecule has 2 N–H and O–H groups in total. The highest BCUT2D eigenvalue weighted by atomic mass is 35.5. The minimum absolute atomic E-state index is 0. The second kappa shape index (κ2) is 9.73. The zero-order valence-electron chi connectivity index (χ0n) is 18.9. The van der Waals surface area contributed by atoms with E-state index >= 15 is 0 Å². The van der Waals surface area contributed by atoms with Crippen LogP contribution in [0.1, 0.15) is 11.1 Å². The number of nitrogens with zero attached hydrogens (tertiary/aromatic N) is 3. The average molecular weight is 537 g/mol. The summed E-state index contributed by atoms with van der Waals surface area (Å²) in [6.45, 7) is 0. The van der Waals surface area contributed by atoms with Crippen LogP contribution in [0.4, 0.5) is 0 Å². The molecule has 0 spiro atoms. The molecule has 4 rings (SSSR count). The Morgan fingerprint density at radius 1 is 1.03 bits per heavy atom. The Labute approximate surface area is 214 Å². The predicted octanol–water partition coefficient (Wildman–Crippen LogP) is 3.20. The highest BCUT2D eigenvalue weighted by Gasteiger charge is 2.49. The number of likely N-dealkylation sites (N-methyl/N-ethyl adjacent to an activating group) is 1. The van der Waals surface area contributed by atoms with Gasteiger partial charge in [-0.3, -0.25) is 9.69 Å². The molecule has 1 amide bonds. The van der Waals surface area contributed by atoms with Gasteiger partial charge in [0, 0.05) is 19.3 Å². The van der Waals surface area contributed by atoms with Crippen molar-refractivity contribution in [3.63, 3.8) is 0 Å². The first-order valence-electron chi connectivity index (χ1n) is 9.98. The fraction of sp³-hybridized carbons (Fsp3) is 0.174. The third kappa shape index (κ3) is 5.04. The summed E-state index contributed by atoms with van der Waals surface area (Å²) in [7, 11) is -0.735. The highest BCUT2D eigenvalue weighted by molar-refractivity contribution is 7.86. The van der Waals surface area contributed by atoms with Crippen molar-refractivity contribution >= 4 is 46.0 Å². The number of methoxy groups -OCH3 is 1. The number of guanidine groups is 1. The van der Waals surface area contributed by atoms with Crippen LogP contribution < -0.4 is 14.7 Å². The monoisotopic (exact) mass is 536 g/mol. The van der Waals surface area contributed by atoms with Crippen molar-refractivity contribution in [1.29, 1.82) is 0 Å². The van der Waals surface area contributed by atoms with Gasteiger partial charge in [0.15, 0.2) is 11.5 Å². The summed E-state index contributed by atoms with van der Waals surface area (Å²) in [6.07, 6.45) is 2.46. The lowest BCUT2D eigenvalue weighted by Crippen LogP contribution is -2.41. The Balaban J connectivity index is 0.00000342. The summed E-state index contributed by atoms with van der Waals surface area (Å²) in [6, 6.07) is 15.1. The molecule has 3 aromatic rings. The number of carbonyl (C=O) groups is 1. The maximum atomic E-state index is 13.5. The van der Waals surface area contributed by atoms with Gasteiger partial charge in [-0.15, -0.1) is 12.4 Å². The second-order valence-corrected chi connectivity index (χ2v) is 9.64. The predicted molar refractivity (Wildman–Crippen MR) is 136 cm³/mol. The van der Waals surface area contributed by atoms with E-state index in [2.05, 4.69) is 9.98 Å². The minimum atomic E-state index is -3.75. The van der Waals surface area contributed by atoms with Crippen LogP contribution in [0.3, 0.4) is 0 Å². The summed E-state index contributed by atoms with van der Waals surface area (Å²) < 4.78 is 33.7. The van der Waals surface area contributed by atoms with Crippen LogP contribution in [0, 0.1) is 0 Å². The smallest absolute Gasteiger partial charge is 0.306 e. The quantitative estimate of drug-likeness (QED) is 0.378. The molecule has 0 bridgehead atoms. The van der Waals surface area contributed by atoms with Crippen molar-refractivity contribution in [2.45, 2.75) is 5.54 Å². The molecule has 184 valence electrons. The van der Waals surface area contributed by atoms with Crippen molar-refractivity contribution in [2.75, 3.05) is 20.4 Å². The van der Waals surface area contributed by atoms with Gasteiger partial charge in [-0.1, -0.05) is 29.8 Å². The van der Waals surface area contributed by atoms with E-state index in [4.69, 9.17) is 26.3 Å². The number of carbonyl (C=O) groups excluding carboxylic acids is 1. The zero-order valence-corrected chi connectivity index (χ0v) is 21.3. The number of amides is 1. The number of halogens is 2. The first-order chi connectivity index (χ1) is 16.0. The minimum Gasteiger partial charge on any atom is -0.497 e.